The fraction of sp³-hybridized carbons (Fsp3) is 0. The minimum atomic E-state index is -1.50. The van der Waals surface area contributed by atoms with Crippen molar-refractivity contribution in [3.05, 3.63) is 30.3 Å². The van der Waals surface area contributed by atoms with Gasteiger partial charge in [0.15, 0.2) is 0 Å². The molecule has 0 atom stereocenters. The molecule has 0 saturated carbocycles. The predicted octanol–water partition coefficient (Wildman–Crippen LogP) is -5.99. The van der Waals surface area contributed by atoms with E-state index in [1.165, 1.54) is 0 Å². The smallest absolute Gasteiger partial charge is 0.291 e. The molecule has 124 valence electrons. The normalized spacial score (nSPS) is 3.79. The molecule has 0 aliphatic carbocycles. The molecule has 19 heavy (non-hydrogen) atoms. The summed E-state index contributed by atoms with van der Waals surface area (Å²) in [5.74, 6) is 0. The van der Waals surface area contributed by atoms with Gasteiger partial charge < -0.3 is 48.5 Å². The monoisotopic (exact) mass is 437 g/mol. The third kappa shape index (κ3) is 2280. The number of hydrogen-bond donors (Lipinski definition) is 3. The summed E-state index contributed by atoms with van der Waals surface area (Å²) in [5, 5.41) is 40.9. The van der Waals surface area contributed by atoms with Crippen molar-refractivity contribution in [3.63, 3.8) is 0 Å². The van der Waals surface area contributed by atoms with Crippen molar-refractivity contribution < 1.29 is 105 Å². The Balaban J connectivity index is -0.00000000675. The molecule has 0 bridgehead atoms. The zero-order chi connectivity index (χ0) is 10.7. The van der Waals surface area contributed by atoms with Gasteiger partial charge in [0.1, 0.15) is 0 Å². The molecule has 0 aromatic carbocycles. The van der Waals surface area contributed by atoms with Crippen LogP contribution in [-0.4, -0.2) is 63.7 Å². The van der Waals surface area contributed by atoms with Crippen LogP contribution in [0.5, 0.6) is 0 Å². The first-order valence-corrected chi connectivity index (χ1v) is 1.70. The van der Waals surface area contributed by atoms with Gasteiger partial charge >= 0.3 is 0 Å². The topological polar surface area (TPSA) is 379 Å². The number of nitrogens with zero attached hydrogens (tertiary/aromatic N) is 3. The summed E-state index contributed by atoms with van der Waals surface area (Å²) in [7, 11) is 0. The van der Waals surface area contributed by atoms with E-state index in [0.717, 1.165) is 0 Å². The Morgan fingerprint density at radius 2 is 0.526 bits per heavy atom. The molecule has 0 radical (unpaired) electrons. The SMILES string of the molecule is O.O.O.O.O.O.O=[N+]([O-])O.O=[N+]([O-])O.O=[N+]([O-])O.[Ce]. The minimum absolute atomic E-state index is 0. The Hall–Kier alpha value is -1.26. The summed E-state index contributed by atoms with van der Waals surface area (Å²) < 4.78 is 0. The molecular weight excluding hydrogens is 422 g/mol. The summed E-state index contributed by atoms with van der Waals surface area (Å²) >= 11 is 0. The Kier molecular flexibility index (Phi) is 303. The molecule has 0 fully saturated rings. The van der Waals surface area contributed by atoms with Crippen molar-refractivity contribution >= 4 is 0 Å². The van der Waals surface area contributed by atoms with Crippen molar-refractivity contribution in [1.29, 1.82) is 0 Å². The van der Waals surface area contributed by atoms with E-state index in [0.29, 0.717) is 0 Å². The van der Waals surface area contributed by atoms with Gasteiger partial charge in [-0.15, -0.1) is 30.3 Å². The molecule has 0 amide bonds. The minimum Gasteiger partial charge on any atom is -0.412 e. The van der Waals surface area contributed by atoms with Crippen molar-refractivity contribution in [1.82, 2.24) is 0 Å². The van der Waals surface area contributed by atoms with Crippen LogP contribution in [0.25, 0.3) is 0 Å². The first kappa shape index (κ1) is 83.0. The van der Waals surface area contributed by atoms with Crippen LogP contribution in [0.3, 0.4) is 0 Å². The van der Waals surface area contributed by atoms with Gasteiger partial charge in [-0.3, -0.25) is 0 Å². The summed E-state index contributed by atoms with van der Waals surface area (Å²) in [5.41, 5.74) is 0. The Morgan fingerprint density at radius 1 is 0.526 bits per heavy atom. The molecule has 0 saturated heterocycles. The summed E-state index contributed by atoms with van der Waals surface area (Å²) in [6.45, 7) is 0. The summed E-state index contributed by atoms with van der Waals surface area (Å²) in [4.78, 5) is 25.1. The van der Waals surface area contributed by atoms with E-state index in [2.05, 4.69) is 0 Å². The van der Waals surface area contributed by atoms with Crippen LogP contribution in [0, 0.1) is 72.1 Å². The fourth-order valence-electron chi connectivity index (χ4n) is 0. The van der Waals surface area contributed by atoms with Gasteiger partial charge in [0.25, 0.3) is 15.3 Å². The van der Waals surface area contributed by atoms with E-state index >= 15 is 0 Å². The van der Waals surface area contributed by atoms with Gasteiger partial charge in [0, 0.05) is 41.7 Å². The van der Waals surface area contributed by atoms with Gasteiger partial charge in [0.2, 0.25) is 0 Å². The average molecular weight is 437 g/mol. The van der Waals surface area contributed by atoms with E-state index in [4.69, 9.17) is 46.0 Å². The Morgan fingerprint density at radius 3 is 0.526 bits per heavy atom. The van der Waals surface area contributed by atoms with Crippen LogP contribution in [0.4, 0.5) is 0 Å². The van der Waals surface area contributed by atoms with Crippen molar-refractivity contribution in [2.45, 2.75) is 0 Å². The van der Waals surface area contributed by atoms with Crippen molar-refractivity contribution in [2.24, 2.45) is 0 Å². The second-order valence-corrected chi connectivity index (χ2v) is 0.714. The third-order valence-electron chi connectivity index (χ3n) is 0. The van der Waals surface area contributed by atoms with Gasteiger partial charge in [-0.05, 0) is 0 Å². The first-order valence-electron chi connectivity index (χ1n) is 1.70. The molecule has 0 unspecified atom stereocenters. The van der Waals surface area contributed by atoms with Crippen LogP contribution in [0.2, 0.25) is 0 Å². The maximum atomic E-state index is 8.36. The second kappa shape index (κ2) is 69.2. The fourth-order valence-corrected chi connectivity index (χ4v) is 0. The predicted molar refractivity (Wildman–Crippen MR) is 48.0 cm³/mol. The summed E-state index contributed by atoms with van der Waals surface area (Å²) in [6, 6.07) is 0. The number of rotatable bonds is 0. The van der Waals surface area contributed by atoms with Gasteiger partial charge in [-0.2, -0.15) is 0 Å². The molecule has 15 N–H and O–H groups in total. The Bertz CT molecular complexity index is 115. The summed E-state index contributed by atoms with van der Waals surface area (Å²) in [6.07, 6.45) is 0. The first-order chi connectivity index (χ1) is 5.20. The van der Waals surface area contributed by atoms with E-state index in [1.54, 1.807) is 0 Å². The molecule has 18 nitrogen and oxygen atoms in total. The number of hydrogen-bond acceptors (Lipinski definition) is 6. The van der Waals surface area contributed by atoms with Crippen LogP contribution in [0.15, 0.2) is 0 Å². The van der Waals surface area contributed by atoms with Gasteiger partial charge in [0.05, 0.1) is 0 Å². The van der Waals surface area contributed by atoms with E-state index in [9.17, 15) is 0 Å². The zero-order valence-electron chi connectivity index (χ0n) is 8.63. The van der Waals surface area contributed by atoms with Crippen LogP contribution in [0.1, 0.15) is 0 Å². The van der Waals surface area contributed by atoms with E-state index in [-0.39, 0.29) is 74.6 Å². The Labute approximate surface area is 135 Å². The molecule has 0 rings (SSSR count). The molecular formula is H15CeN3O15. The van der Waals surface area contributed by atoms with Gasteiger partial charge in [-0.1, -0.05) is 0 Å². The standard InChI is InChI=1S/Ce.3HNO3.6H2O/c;3*2-1(3)4;;;;;;/h;3*(H,2,3,4);6*1H2. The maximum absolute atomic E-state index is 8.36. The van der Waals surface area contributed by atoms with Gasteiger partial charge in [-0.25, -0.2) is 0 Å². The molecule has 19 heteroatoms. The van der Waals surface area contributed by atoms with Crippen molar-refractivity contribution in [2.75, 3.05) is 0 Å². The molecule has 0 aliphatic heterocycles. The van der Waals surface area contributed by atoms with Crippen LogP contribution >= 0.6 is 0 Å². The molecule has 0 aliphatic rings. The zero-order valence-corrected chi connectivity index (χ0v) is 11.8. The molecule has 0 heterocycles. The molecule has 0 aromatic heterocycles. The third-order valence-corrected chi connectivity index (χ3v) is 0. The average Bonchev–Trinajstić information content (AvgIpc) is 1.54. The van der Waals surface area contributed by atoms with Crippen LogP contribution in [-0.2, 0) is 0 Å². The van der Waals surface area contributed by atoms with Crippen LogP contribution < -0.4 is 0 Å². The maximum Gasteiger partial charge on any atom is 0.291 e. The molecule has 0 aromatic rings. The largest absolute Gasteiger partial charge is 0.412 e. The van der Waals surface area contributed by atoms with E-state index in [1.807, 2.05) is 0 Å². The molecule has 0 spiro atoms. The van der Waals surface area contributed by atoms with Crippen molar-refractivity contribution in [3.8, 4) is 0 Å². The second-order valence-electron chi connectivity index (χ2n) is 0.714. The quantitative estimate of drug-likeness (QED) is 0.239. The van der Waals surface area contributed by atoms with E-state index < -0.39 is 15.3 Å².